The van der Waals surface area contributed by atoms with Crippen molar-refractivity contribution in [3.05, 3.63) is 74.8 Å². The molecule has 0 aliphatic rings. The number of hydrogen-bond acceptors (Lipinski definition) is 4. The molecule has 0 unspecified atom stereocenters. The van der Waals surface area contributed by atoms with Crippen molar-refractivity contribution >= 4 is 17.8 Å². The topological polar surface area (TPSA) is 84.6 Å². The summed E-state index contributed by atoms with van der Waals surface area (Å²) >= 11 is 0. The summed E-state index contributed by atoms with van der Waals surface area (Å²) in [4.78, 5) is 22.2. The Labute approximate surface area is 134 Å². The number of nitrogens with one attached hydrogen (secondary N) is 1. The Morgan fingerprint density at radius 2 is 1.91 bits per heavy atom. The van der Waals surface area contributed by atoms with Crippen LogP contribution in [-0.4, -0.2) is 17.0 Å². The first-order valence-electron chi connectivity index (χ1n) is 7.08. The zero-order valence-electron chi connectivity index (χ0n) is 12.9. The Bertz CT molecular complexity index is 752. The van der Waals surface area contributed by atoms with Gasteiger partial charge in [0.05, 0.1) is 17.6 Å². The standard InChI is InChI=1S/C17H17N3O3/c1-12-3-6-14(7-4-12)10-17(21)19-18-11-15-8-5-13(2)16(9-15)20(22)23/h3-9,11H,10H2,1-2H3,(H,19,21)/b18-11+. The highest BCUT2D eigenvalue weighted by Crippen LogP contribution is 2.18. The van der Waals surface area contributed by atoms with Crippen molar-refractivity contribution in [2.45, 2.75) is 20.3 Å². The number of carbonyl (C=O) groups excluding carboxylic acids is 1. The molecule has 0 fully saturated rings. The molecule has 0 heterocycles. The van der Waals surface area contributed by atoms with Crippen LogP contribution in [0.4, 0.5) is 5.69 Å². The van der Waals surface area contributed by atoms with Gasteiger partial charge in [-0.15, -0.1) is 0 Å². The average Bonchev–Trinajstić information content (AvgIpc) is 2.51. The molecule has 0 aliphatic heterocycles. The number of nitro groups is 1. The van der Waals surface area contributed by atoms with Crippen molar-refractivity contribution in [2.24, 2.45) is 5.10 Å². The third-order valence-electron chi connectivity index (χ3n) is 3.32. The van der Waals surface area contributed by atoms with E-state index in [2.05, 4.69) is 10.5 Å². The lowest BCUT2D eigenvalue weighted by atomic mass is 10.1. The third-order valence-corrected chi connectivity index (χ3v) is 3.32. The predicted octanol–water partition coefficient (Wildman–Crippen LogP) is 2.90. The third kappa shape index (κ3) is 4.74. The number of hydrazone groups is 1. The first-order chi connectivity index (χ1) is 11.0. The first-order valence-corrected chi connectivity index (χ1v) is 7.08. The van der Waals surface area contributed by atoms with Crippen molar-refractivity contribution in [2.75, 3.05) is 0 Å². The van der Waals surface area contributed by atoms with Gasteiger partial charge in [-0.2, -0.15) is 5.10 Å². The molecule has 0 atom stereocenters. The number of carbonyl (C=O) groups is 1. The normalized spacial score (nSPS) is 10.7. The molecule has 2 rings (SSSR count). The summed E-state index contributed by atoms with van der Waals surface area (Å²) in [6.07, 6.45) is 1.62. The highest BCUT2D eigenvalue weighted by atomic mass is 16.6. The second-order valence-electron chi connectivity index (χ2n) is 5.26. The van der Waals surface area contributed by atoms with Crippen LogP contribution < -0.4 is 5.43 Å². The minimum absolute atomic E-state index is 0.0277. The lowest BCUT2D eigenvalue weighted by Crippen LogP contribution is -2.19. The van der Waals surface area contributed by atoms with Gasteiger partial charge in [0.1, 0.15) is 0 Å². The van der Waals surface area contributed by atoms with Gasteiger partial charge in [-0.3, -0.25) is 14.9 Å². The van der Waals surface area contributed by atoms with Crippen LogP contribution in [0, 0.1) is 24.0 Å². The molecular weight excluding hydrogens is 294 g/mol. The Kier molecular flexibility index (Phi) is 5.19. The summed E-state index contributed by atoms with van der Waals surface area (Å²) in [6, 6.07) is 12.4. The molecule has 0 radical (unpaired) electrons. The van der Waals surface area contributed by atoms with Gasteiger partial charge in [0, 0.05) is 17.2 Å². The summed E-state index contributed by atoms with van der Waals surface area (Å²) in [5.74, 6) is -0.244. The molecular formula is C17H17N3O3. The van der Waals surface area contributed by atoms with Crippen LogP contribution in [0.1, 0.15) is 22.3 Å². The van der Waals surface area contributed by atoms with Crippen LogP contribution in [-0.2, 0) is 11.2 Å². The molecule has 6 nitrogen and oxygen atoms in total. The maximum Gasteiger partial charge on any atom is 0.272 e. The number of aryl methyl sites for hydroxylation is 2. The molecule has 0 aromatic heterocycles. The lowest BCUT2D eigenvalue weighted by molar-refractivity contribution is -0.385. The van der Waals surface area contributed by atoms with Crippen molar-refractivity contribution in [1.29, 1.82) is 0 Å². The minimum atomic E-state index is -0.442. The smallest absolute Gasteiger partial charge is 0.272 e. The lowest BCUT2D eigenvalue weighted by Gasteiger charge is -2.01. The molecule has 0 spiro atoms. The molecule has 2 aromatic carbocycles. The zero-order valence-corrected chi connectivity index (χ0v) is 12.9. The molecule has 0 saturated carbocycles. The fraction of sp³-hybridized carbons (Fsp3) is 0.176. The maximum atomic E-state index is 11.8. The molecule has 2 aromatic rings. The van der Waals surface area contributed by atoms with Gasteiger partial charge in [-0.1, -0.05) is 42.0 Å². The van der Waals surface area contributed by atoms with Crippen LogP contribution in [0.15, 0.2) is 47.6 Å². The molecule has 1 amide bonds. The van der Waals surface area contributed by atoms with E-state index in [1.807, 2.05) is 31.2 Å². The van der Waals surface area contributed by atoms with E-state index in [0.29, 0.717) is 11.1 Å². The number of nitro benzene ring substituents is 1. The van der Waals surface area contributed by atoms with Gasteiger partial charge < -0.3 is 0 Å². The van der Waals surface area contributed by atoms with Crippen LogP contribution in [0.3, 0.4) is 0 Å². The molecule has 6 heteroatoms. The van der Waals surface area contributed by atoms with Gasteiger partial charge >= 0.3 is 0 Å². The Morgan fingerprint density at radius 3 is 2.57 bits per heavy atom. The number of nitrogens with zero attached hydrogens (tertiary/aromatic N) is 2. The second-order valence-corrected chi connectivity index (χ2v) is 5.26. The summed E-state index contributed by atoms with van der Waals surface area (Å²) < 4.78 is 0. The molecule has 118 valence electrons. The van der Waals surface area contributed by atoms with Crippen molar-refractivity contribution in [3.63, 3.8) is 0 Å². The summed E-state index contributed by atoms with van der Waals surface area (Å²) in [5, 5.41) is 14.7. The SMILES string of the molecule is Cc1ccc(CC(=O)N/N=C/c2ccc(C)c([N+](=O)[O-])c2)cc1. The minimum Gasteiger partial charge on any atom is -0.273 e. The van der Waals surface area contributed by atoms with Gasteiger partial charge in [0.15, 0.2) is 0 Å². The summed E-state index contributed by atoms with van der Waals surface area (Å²) in [5.41, 5.74) is 5.61. The number of rotatable bonds is 5. The molecule has 0 aliphatic carbocycles. The highest BCUT2D eigenvalue weighted by Gasteiger charge is 2.10. The van der Waals surface area contributed by atoms with Crippen LogP contribution in [0.2, 0.25) is 0 Å². The fourth-order valence-electron chi connectivity index (χ4n) is 2.01. The number of amides is 1. The van der Waals surface area contributed by atoms with E-state index in [9.17, 15) is 14.9 Å². The second kappa shape index (κ2) is 7.31. The van der Waals surface area contributed by atoms with E-state index in [1.54, 1.807) is 19.1 Å². The van der Waals surface area contributed by atoms with Gasteiger partial charge in [0.2, 0.25) is 5.91 Å². The van der Waals surface area contributed by atoms with Crippen LogP contribution in [0.25, 0.3) is 0 Å². The van der Waals surface area contributed by atoms with E-state index < -0.39 is 4.92 Å². The van der Waals surface area contributed by atoms with Crippen molar-refractivity contribution in [1.82, 2.24) is 5.43 Å². The highest BCUT2D eigenvalue weighted by molar-refractivity contribution is 5.84. The average molecular weight is 311 g/mol. The molecule has 0 bridgehead atoms. The predicted molar refractivity (Wildman–Crippen MR) is 88.5 cm³/mol. The fourth-order valence-corrected chi connectivity index (χ4v) is 2.01. The first kappa shape index (κ1) is 16.4. The monoisotopic (exact) mass is 311 g/mol. The Hall–Kier alpha value is -3.02. The van der Waals surface area contributed by atoms with Gasteiger partial charge in [-0.05, 0) is 19.4 Å². The maximum absolute atomic E-state index is 11.8. The Morgan fingerprint density at radius 1 is 1.22 bits per heavy atom. The molecule has 1 N–H and O–H groups in total. The zero-order chi connectivity index (χ0) is 16.8. The number of hydrogen-bond donors (Lipinski definition) is 1. The van der Waals surface area contributed by atoms with Crippen LogP contribution >= 0.6 is 0 Å². The largest absolute Gasteiger partial charge is 0.273 e. The van der Waals surface area contributed by atoms with E-state index in [0.717, 1.165) is 11.1 Å². The quantitative estimate of drug-likeness (QED) is 0.523. The number of benzene rings is 2. The molecule has 0 saturated heterocycles. The van der Waals surface area contributed by atoms with Crippen molar-refractivity contribution in [3.8, 4) is 0 Å². The Balaban J connectivity index is 1.96. The van der Waals surface area contributed by atoms with E-state index in [1.165, 1.54) is 12.3 Å². The molecule has 23 heavy (non-hydrogen) atoms. The van der Waals surface area contributed by atoms with E-state index in [4.69, 9.17) is 0 Å². The van der Waals surface area contributed by atoms with E-state index in [-0.39, 0.29) is 18.0 Å². The summed E-state index contributed by atoms with van der Waals surface area (Å²) in [7, 11) is 0. The van der Waals surface area contributed by atoms with Gasteiger partial charge in [0.25, 0.3) is 5.69 Å². The van der Waals surface area contributed by atoms with Crippen molar-refractivity contribution < 1.29 is 9.72 Å². The van der Waals surface area contributed by atoms with Crippen LogP contribution in [0.5, 0.6) is 0 Å². The summed E-state index contributed by atoms with van der Waals surface area (Å²) in [6.45, 7) is 3.65. The van der Waals surface area contributed by atoms with E-state index >= 15 is 0 Å². The van der Waals surface area contributed by atoms with Gasteiger partial charge in [-0.25, -0.2) is 5.43 Å².